The first-order chi connectivity index (χ1) is 10.9. The molecule has 0 unspecified atom stereocenters. The molecule has 0 aliphatic heterocycles. The van der Waals surface area contributed by atoms with Crippen molar-refractivity contribution in [2.24, 2.45) is 0 Å². The van der Waals surface area contributed by atoms with Gasteiger partial charge in [0.2, 0.25) is 0 Å². The summed E-state index contributed by atoms with van der Waals surface area (Å²) in [6, 6.07) is 10.1. The molecule has 2 aromatic heterocycles. The lowest BCUT2D eigenvalue weighted by Gasteiger charge is -2.09. The maximum Gasteiger partial charge on any atom is 0.389 e. The third-order valence-corrected chi connectivity index (χ3v) is 3.10. The molecule has 0 atom stereocenters. The standard InChI is InChI=1S/C16H12F3N3O/c17-16(18,19)6-2-8-22-7-1-3-14(22)15-5-4-13(23-15)9-12(10-20)11-21/h1,3-5,7,9H,2,6,8H2. The highest BCUT2D eigenvalue weighted by Gasteiger charge is 2.26. The van der Waals surface area contributed by atoms with Gasteiger partial charge in [-0.1, -0.05) is 0 Å². The van der Waals surface area contributed by atoms with E-state index in [1.807, 2.05) is 0 Å². The molecule has 2 heterocycles. The maximum absolute atomic E-state index is 12.2. The van der Waals surface area contributed by atoms with Gasteiger partial charge in [0.15, 0.2) is 5.76 Å². The van der Waals surface area contributed by atoms with E-state index in [1.165, 1.54) is 6.08 Å². The molecule has 0 aliphatic rings. The smallest absolute Gasteiger partial charge is 0.389 e. The minimum absolute atomic E-state index is 0.0222. The normalized spacial score (nSPS) is 10.8. The van der Waals surface area contributed by atoms with Gasteiger partial charge in [-0.05, 0) is 30.7 Å². The van der Waals surface area contributed by atoms with E-state index in [0.717, 1.165) is 0 Å². The van der Waals surface area contributed by atoms with Gasteiger partial charge in [0.05, 0.1) is 5.69 Å². The fourth-order valence-corrected chi connectivity index (χ4v) is 2.08. The van der Waals surface area contributed by atoms with Crippen LogP contribution in [0, 0.1) is 22.7 Å². The molecular formula is C16H12F3N3O. The van der Waals surface area contributed by atoms with Crippen molar-refractivity contribution in [1.82, 2.24) is 4.57 Å². The van der Waals surface area contributed by atoms with E-state index in [9.17, 15) is 13.2 Å². The van der Waals surface area contributed by atoms with E-state index in [4.69, 9.17) is 14.9 Å². The summed E-state index contributed by atoms with van der Waals surface area (Å²) < 4.78 is 43.8. The van der Waals surface area contributed by atoms with Crippen LogP contribution in [-0.4, -0.2) is 10.7 Å². The number of nitrogens with zero attached hydrogens (tertiary/aromatic N) is 3. The first-order valence-corrected chi connectivity index (χ1v) is 6.77. The van der Waals surface area contributed by atoms with Gasteiger partial charge >= 0.3 is 6.18 Å². The van der Waals surface area contributed by atoms with E-state index >= 15 is 0 Å². The lowest BCUT2D eigenvalue weighted by molar-refractivity contribution is -0.135. The van der Waals surface area contributed by atoms with Crippen LogP contribution >= 0.6 is 0 Å². The largest absolute Gasteiger partial charge is 0.455 e. The van der Waals surface area contributed by atoms with Gasteiger partial charge in [0.25, 0.3) is 0 Å². The average Bonchev–Trinajstić information content (AvgIpc) is 3.12. The van der Waals surface area contributed by atoms with E-state index in [-0.39, 0.29) is 18.5 Å². The number of furan rings is 1. The highest BCUT2D eigenvalue weighted by molar-refractivity contribution is 5.62. The molecule has 0 amide bonds. The molecular weight excluding hydrogens is 307 g/mol. The third-order valence-electron chi connectivity index (χ3n) is 3.10. The third kappa shape index (κ3) is 4.52. The summed E-state index contributed by atoms with van der Waals surface area (Å²) in [4.78, 5) is 0. The minimum Gasteiger partial charge on any atom is -0.455 e. The van der Waals surface area contributed by atoms with Gasteiger partial charge in [0, 0.05) is 25.2 Å². The molecule has 23 heavy (non-hydrogen) atoms. The van der Waals surface area contributed by atoms with Crippen LogP contribution in [0.1, 0.15) is 18.6 Å². The summed E-state index contributed by atoms with van der Waals surface area (Å²) >= 11 is 0. The molecule has 0 saturated heterocycles. The molecule has 2 rings (SSSR count). The van der Waals surface area contributed by atoms with Gasteiger partial charge in [-0.3, -0.25) is 0 Å². The number of aryl methyl sites for hydroxylation is 1. The van der Waals surface area contributed by atoms with Crippen molar-refractivity contribution in [3.8, 4) is 23.6 Å². The summed E-state index contributed by atoms with van der Waals surface area (Å²) in [5.74, 6) is 0.796. The van der Waals surface area contributed by atoms with E-state index in [2.05, 4.69) is 0 Å². The van der Waals surface area contributed by atoms with Gasteiger partial charge in [-0.25, -0.2) is 0 Å². The molecule has 2 aromatic rings. The van der Waals surface area contributed by atoms with Crippen LogP contribution < -0.4 is 0 Å². The Morgan fingerprint density at radius 2 is 1.96 bits per heavy atom. The molecule has 0 spiro atoms. The van der Waals surface area contributed by atoms with E-state index in [1.54, 1.807) is 47.2 Å². The molecule has 0 bridgehead atoms. The molecule has 118 valence electrons. The lowest BCUT2D eigenvalue weighted by Crippen LogP contribution is -2.09. The van der Waals surface area contributed by atoms with Crippen LogP contribution in [0.4, 0.5) is 13.2 Å². The van der Waals surface area contributed by atoms with Crippen LogP contribution in [0.25, 0.3) is 17.5 Å². The number of halogens is 3. The Kier molecular flexibility index (Phi) is 4.92. The van der Waals surface area contributed by atoms with Crippen molar-refractivity contribution in [1.29, 1.82) is 10.5 Å². The highest BCUT2D eigenvalue weighted by Crippen LogP contribution is 2.26. The van der Waals surface area contributed by atoms with Crippen molar-refractivity contribution >= 4 is 6.08 Å². The molecule has 0 N–H and O–H groups in total. The highest BCUT2D eigenvalue weighted by atomic mass is 19.4. The zero-order valence-corrected chi connectivity index (χ0v) is 12.0. The van der Waals surface area contributed by atoms with Crippen LogP contribution in [-0.2, 0) is 6.54 Å². The van der Waals surface area contributed by atoms with Gasteiger partial charge in [-0.2, -0.15) is 23.7 Å². The van der Waals surface area contributed by atoms with Crippen molar-refractivity contribution < 1.29 is 17.6 Å². The fourth-order valence-electron chi connectivity index (χ4n) is 2.08. The molecule has 4 nitrogen and oxygen atoms in total. The number of aromatic nitrogens is 1. The Bertz CT molecular complexity index is 769. The number of nitriles is 2. The van der Waals surface area contributed by atoms with Crippen LogP contribution in [0.3, 0.4) is 0 Å². The van der Waals surface area contributed by atoms with Gasteiger partial charge in [0.1, 0.15) is 23.5 Å². The Hall–Kier alpha value is -2.93. The monoisotopic (exact) mass is 319 g/mol. The number of alkyl halides is 3. The number of hydrogen-bond acceptors (Lipinski definition) is 3. The first-order valence-electron chi connectivity index (χ1n) is 6.77. The van der Waals surface area contributed by atoms with Crippen LogP contribution in [0.2, 0.25) is 0 Å². The summed E-state index contributed by atoms with van der Waals surface area (Å²) in [7, 11) is 0. The van der Waals surface area contributed by atoms with Crippen LogP contribution in [0.15, 0.2) is 40.5 Å². The predicted molar refractivity (Wildman–Crippen MR) is 76.6 cm³/mol. The summed E-state index contributed by atoms with van der Waals surface area (Å²) in [5, 5.41) is 17.4. The quantitative estimate of drug-likeness (QED) is 0.761. The second-order valence-corrected chi connectivity index (χ2v) is 4.79. The van der Waals surface area contributed by atoms with Crippen LogP contribution in [0.5, 0.6) is 0 Å². The summed E-state index contributed by atoms with van der Waals surface area (Å²) in [5.41, 5.74) is 0.550. The topological polar surface area (TPSA) is 65.7 Å². The number of allylic oxidation sites excluding steroid dienone is 1. The maximum atomic E-state index is 12.2. The average molecular weight is 319 g/mol. The molecule has 0 saturated carbocycles. The van der Waals surface area contributed by atoms with E-state index in [0.29, 0.717) is 17.2 Å². The zero-order valence-electron chi connectivity index (χ0n) is 12.0. The van der Waals surface area contributed by atoms with Gasteiger partial charge in [-0.15, -0.1) is 0 Å². The number of hydrogen-bond donors (Lipinski definition) is 0. The second-order valence-electron chi connectivity index (χ2n) is 4.79. The van der Waals surface area contributed by atoms with Crippen molar-refractivity contribution in [2.45, 2.75) is 25.6 Å². The Labute approximate surface area is 130 Å². The van der Waals surface area contributed by atoms with Gasteiger partial charge < -0.3 is 8.98 Å². The summed E-state index contributed by atoms with van der Waals surface area (Å²) in [6.07, 6.45) is -2.04. The molecule has 0 fully saturated rings. The van der Waals surface area contributed by atoms with Crippen molar-refractivity contribution in [3.05, 3.63) is 41.8 Å². The Balaban J connectivity index is 2.14. The molecule has 7 heteroatoms. The molecule has 0 radical (unpaired) electrons. The lowest BCUT2D eigenvalue weighted by atomic mass is 10.2. The minimum atomic E-state index is -4.17. The molecule has 0 aromatic carbocycles. The second kappa shape index (κ2) is 6.89. The Morgan fingerprint density at radius 1 is 1.22 bits per heavy atom. The zero-order chi connectivity index (χ0) is 16.9. The number of rotatable bonds is 5. The fraction of sp³-hybridized carbons (Fsp3) is 0.250. The van der Waals surface area contributed by atoms with Crippen molar-refractivity contribution in [3.63, 3.8) is 0 Å². The predicted octanol–water partition coefficient (Wildman–Crippen LogP) is 4.52. The SMILES string of the molecule is N#CC(C#N)=Cc1ccc(-c2cccn2CCCC(F)(F)F)o1. The molecule has 0 aliphatic carbocycles. The first kappa shape index (κ1) is 16.4. The van der Waals surface area contributed by atoms with Crippen molar-refractivity contribution in [2.75, 3.05) is 0 Å². The van der Waals surface area contributed by atoms with E-state index < -0.39 is 12.6 Å². The Morgan fingerprint density at radius 3 is 2.61 bits per heavy atom. The summed E-state index contributed by atoms with van der Waals surface area (Å²) in [6.45, 7) is 0.218.